The highest BCUT2D eigenvalue weighted by Gasteiger charge is 2.13. The lowest BCUT2D eigenvalue weighted by Crippen LogP contribution is -2.33. The predicted octanol–water partition coefficient (Wildman–Crippen LogP) is 2.03. The van der Waals surface area contributed by atoms with Gasteiger partial charge in [0.25, 0.3) is 5.91 Å². The highest BCUT2D eigenvalue weighted by molar-refractivity contribution is 6.00. The number of benzene rings is 2. The number of anilines is 1. The van der Waals surface area contributed by atoms with Crippen molar-refractivity contribution in [1.29, 1.82) is 0 Å². The SMILES string of the molecule is CCOc1ccccc1C(=O)NCC(=O)Nc1cccc(-n2cnnc2)c1. The van der Waals surface area contributed by atoms with Crippen LogP contribution in [0.4, 0.5) is 5.69 Å². The van der Waals surface area contributed by atoms with Gasteiger partial charge in [-0.2, -0.15) is 0 Å². The summed E-state index contributed by atoms with van der Waals surface area (Å²) in [5.41, 5.74) is 1.81. The zero-order valence-corrected chi connectivity index (χ0v) is 14.8. The lowest BCUT2D eigenvalue weighted by atomic mass is 10.2. The first-order valence-corrected chi connectivity index (χ1v) is 8.42. The molecular formula is C19H19N5O3. The van der Waals surface area contributed by atoms with Crippen molar-refractivity contribution in [3.63, 3.8) is 0 Å². The molecule has 1 aromatic heterocycles. The van der Waals surface area contributed by atoms with Gasteiger partial charge in [0.1, 0.15) is 18.4 Å². The van der Waals surface area contributed by atoms with Crippen molar-refractivity contribution >= 4 is 17.5 Å². The maximum absolute atomic E-state index is 12.3. The van der Waals surface area contributed by atoms with Gasteiger partial charge >= 0.3 is 0 Å². The van der Waals surface area contributed by atoms with Gasteiger partial charge in [-0.1, -0.05) is 18.2 Å². The fourth-order valence-electron chi connectivity index (χ4n) is 2.47. The zero-order valence-electron chi connectivity index (χ0n) is 14.8. The third-order valence-electron chi connectivity index (χ3n) is 3.69. The van der Waals surface area contributed by atoms with E-state index in [1.165, 1.54) is 0 Å². The van der Waals surface area contributed by atoms with Crippen LogP contribution in [0.3, 0.4) is 0 Å². The van der Waals surface area contributed by atoms with Crippen molar-refractivity contribution in [1.82, 2.24) is 20.1 Å². The van der Waals surface area contributed by atoms with Gasteiger partial charge in [-0.15, -0.1) is 10.2 Å². The van der Waals surface area contributed by atoms with Gasteiger partial charge in [0.05, 0.1) is 24.4 Å². The Balaban J connectivity index is 1.59. The first kappa shape index (κ1) is 18.1. The van der Waals surface area contributed by atoms with E-state index in [4.69, 9.17) is 4.74 Å². The zero-order chi connectivity index (χ0) is 19.1. The first-order chi connectivity index (χ1) is 13.2. The van der Waals surface area contributed by atoms with Gasteiger partial charge in [-0.3, -0.25) is 14.2 Å². The van der Waals surface area contributed by atoms with Gasteiger partial charge in [0.2, 0.25) is 5.91 Å². The maximum Gasteiger partial charge on any atom is 0.255 e. The maximum atomic E-state index is 12.3. The first-order valence-electron chi connectivity index (χ1n) is 8.42. The summed E-state index contributed by atoms with van der Waals surface area (Å²) in [4.78, 5) is 24.5. The van der Waals surface area contributed by atoms with E-state index in [2.05, 4.69) is 20.8 Å². The second-order valence-electron chi connectivity index (χ2n) is 5.58. The van der Waals surface area contributed by atoms with E-state index in [9.17, 15) is 9.59 Å². The number of carbonyl (C=O) groups excluding carboxylic acids is 2. The van der Waals surface area contributed by atoms with Crippen LogP contribution in [-0.2, 0) is 4.79 Å². The number of carbonyl (C=O) groups is 2. The molecule has 8 nitrogen and oxygen atoms in total. The molecule has 138 valence electrons. The van der Waals surface area contributed by atoms with E-state index in [1.807, 2.05) is 19.1 Å². The molecular weight excluding hydrogens is 346 g/mol. The Morgan fingerprint density at radius 2 is 1.85 bits per heavy atom. The number of nitrogens with zero attached hydrogens (tertiary/aromatic N) is 3. The number of aromatic nitrogens is 3. The van der Waals surface area contributed by atoms with Gasteiger partial charge in [0.15, 0.2) is 0 Å². The molecule has 3 rings (SSSR count). The highest BCUT2D eigenvalue weighted by atomic mass is 16.5. The molecule has 2 N–H and O–H groups in total. The van der Waals surface area contributed by atoms with E-state index >= 15 is 0 Å². The minimum Gasteiger partial charge on any atom is -0.493 e. The second-order valence-corrected chi connectivity index (χ2v) is 5.58. The summed E-state index contributed by atoms with van der Waals surface area (Å²) in [6.45, 7) is 2.14. The lowest BCUT2D eigenvalue weighted by Gasteiger charge is -2.11. The van der Waals surface area contributed by atoms with Gasteiger partial charge in [-0.05, 0) is 37.3 Å². The Kier molecular flexibility index (Phi) is 5.78. The highest BCUT2D eigenvalue weighted by Crippen LogP contribution is 2.17. The summed E-state index contributed by atoms with van der Waals surface area (Å²) in [6, 6.07) is 14.1. The van der Waals surface area contributed by atoms with E-state index in [0.717, 1.165) is 5.69 Å². The van der Waals surface area contributed by atoms with Crippen LogP contribution < -0.4 is 15.4 Å². The number of amides is 2. The lowest BCUT2D eigenvalue weighted by molar-refractivity contribution is -0.115. The van der Waals surface area contributed by atoms with E-state index in [1.54, 1.807) is 53.6 Å². The summed E-state index contributed by atoms with van der Waals surface area (Å²) in [5, 5.41) is 12.9. The minimum absolute atomic E-state index is 0.157. The van der Waals surface area contributed by atoms with Crippen molar-refractivity contribution in [3.05, 3.63) is 66.7 Å². The molecule has 0 aliphatic heterocycles. The number of rotatable bonds is 7. The van der Waals surface area contributed by atoms with Crippen molar-refractivity contribution in [2.75, 3.05) is 18.5 Å². The number of nitrogens with one attached hydrogen (secondary N) is 2. The number of hydrogen-bond acceptors (Lipinski definition) is 5. The molecule has 27 heavy (non-hydrogen) atoms. The van der Waals surface area contributed by atoms with E-state index in [-0.39, 0.29) is 18.4 Å². The average molecular weight is 365 g/mol. The van der Waals surface area contributed by atoms with Crippen molar-refractivity contribution in [3.8, 4) is 11.4 Å². The molecule has 0 aliphatic carbocycles. The second kappa shape index (κ2) is 8.61. The molecule has 0 fully saturated rings. The summed E-state index contributed by atoms with van der Waals surface area (Å²) < 4.78 is 7.16. The van der Waals surface area contributed by atoms with Crippen molar-refractivity contribution < 1.29 is 14.3 Å². The fourth-order valence-corrected chi connectivity index (χ4v) is 2.47. The number of ether oxygens (including phenoxy) is 1. The molecule has 2 amide bonds. The normalized spacial score (nSPS) is 10.3. The third kappa shape index (κ3) is 4.69. The Hall–Kier alpha value is -3.68. The number of hydrogen-bond donors (Lipinski definition) is 2. The fraction of sp³-hybridized carbons (Fsp3) is 0.158. The molecule has 0 unspecified atom stereocenters. The third-order valence-corrected chi connectivity index (χ3v) is 3.69. The number of para-hydroxylation sites is 1. The van der Waals surface area contributed by atoms with Crippen molar-refractivity contribution in [2.45, 2.75) is 6.92 Å². The van der Waals surface area contributed by atoms with Crippen LogP contribution in [0.25, 0.3) is 5.69 Å². The van der Waals surface area contributed by atoms with Crippen LogP contribution in [0, 0.1) is 0 Å². The van der Waals surface area contributed by atoms with Crippen LogP contribution >= 0.6 is 0 Å². The van der Waals surface area contributed by atoms with Gasteiger partial charge in [-0.25, -0.2) is 0 Å². The Labute approximate surface area is 156 Å². The van der Waals surface area contributed by atoms with Crippen LogP contribution in [0.15, 0.2) is 61.2 Å². The van der Waals surface area contributed by atoms with Crippen LogP contribution in [-0.4, -0.2) is 39.7 Å². The van der Waals surface area contributed by atoms with E-state index < -0.39 is 0 Å². The molecule has 3 aromatic rings. The molecule has 2 aromatic carbocycles. The minimum atomic E-state index is -0.368. The smallest absolute Gasteiger partial charge is 0.255 e. The standard InChI is InChI=1S/C19H19N5O3/c1-2-27-17-9-4-3-8-16(17)19(26)20-11-18(25)23-14-6-5-7-15(10-14)24-12-21-22-13-24/h3-10,12-13H,2,11H2,1H3,(H,20,26)(H,23,25). The molecule has 0 bridgehead atoms. The summed E-state index contributed by atoms with van der Waals surface area (Å²) in [6.07, 6.45) is 3.13. The molecule has 1 heterocycles. The Bertz CT molecular complexity index is 925. The Morgan fingerprint density at radius 1 is 1.07 bits per heavy atom. The van der Waals surface area contributed by atoms with Gasteiger partial charge < -0.3 is 15.4 Å². The molecule has 0 atom stereocenters. The van der Waals surface area contributed by atoms with Crippen LogP contribution in [0.5, 0.6) is 5.75 Å². The molecule has 0 saturated heterocycles. The van der Waals surface area contributed by atoms with Gasteiger partial charge in [0, 0.05) is 5.69 Å². The predicted molar refractivity (Wildman–Crippen MR) is 99.9 cm³/mol. The van der Waals surface area contributed by atoms with Crippen LogP contribution in [0.2, 0.25) is 0 Å². The quantitative estimate of drug-likeness (QED) is 0.668. The monoisotopic (exact) mass is 365 g/mol. The largest absolute Gasteiger partial charge is 0.493 e. The van der Waals surface area contributed by atoms with Crippen molar-refractivity contribution in [2.24, 2.45) is 0 Å². The summed E-state index contributed by atoms with van der Waals surface area (Å²) >= 11 is 0. The van der Waals surface area contributed by atoms with Crippen LogP contribution in [0.1, 0.15) is 17.3 Å². The Morgan fingerprint density at radius 3 is 2.63 bits per heavy atom. The average Bonchev–Trinajstić information content (AvgIpc) is 3.22. The summed E-state index contributed by atoms with van der Waals surface area (Å²) in [5.74, 6) is -0.217. The molecule has 0 spiro atoms. The van der Waals surface area contributed by atoms with E-state index in [0.29, 0.717) is 23.6 Å². The molecule has 8 heteroatoms. The molecule has 0 saturated carbocycles. The molecule has 0 radical (unpaired) electrons. The molecule has 0 aliphatic rings. The topological polar surface area (TPSA) is 98.1 Å². The summed E-state index contributed by atoms with van der Waals surface area (Å²) in [7, 11) is 0.